The zero-order valence-electron chi connectivity index (χ0n) is 10.7. The second kappa shape index (κ2) is 6.46. The van der Waals surface area contributed by atoms with Crippen LogP contribution in [0.4, 0.5) is 18.9 Å². The van der Waals surface area contributed by atoms with Crippen molar-refractivity contribution in [3.05, 3.63) is 63.2 Å². The maximum atomic E-state index is 13.0. The lowest BCUT2D eigenvalue weighted by atomic mass is 10.1. The molecule has 21 heavy (non-hydrogen) atoms. The number of benzene rings is 2. The van der Waals surface area contributed by atoms with Crippen LogP contribution in [0, 0.1) is 3.57 Å². The van der Waals surface area contributed by atoms with Crippen LogP contribution in [0.15, 0.2) is 48.5 Å². The number of hydrogen-bond donors (Lipinski definition) is 1. The fraction of sp³-hybridized carbons (Fsp3) is 0.133. The van der Waals surface area contributed by atoms with Gasteiger partial charge in [-0.05, 0) is 46.4 Å². The fourth-order valence-corrected chi connectivity index (χ4v) is 2.33. The SMILES string of the molecule is O=C(Cc1ccccc1)Nc1ccc(I)cc1C(F)(F)F. The van der Waals surface area contributed by atoms with E-state index >= 15 is 0 Å². The van der Waals surface area contributed by atoms with Crippen molar-refractivity contribution >= 4 is 34.2 Å². The molecule has 0 aromatic heterocycles. The van der Waals surface area contributed by atoms with E-state index in [2.05, 4.69) is 5.32 Å². The van der Waals surface area contributed by atoms with Crippen LogP contribution in [0.3, 0.4) is 0 Å². The Kier molecular flexibility index (Phi) is 4.87. The van der Waals surface area contributed by atoms with Crippen molar-refractivity contribution < 1.29 is 18.0 Å². The van der Waals surface area contributed by atoms with E-state index in [0.717, 1.165) is 11.6 Å². The maximum Gasteiger partial charge on any atom is 0.418 e. The number of carbonyl (C=O) groups excluding carboxylic acids is 1. The molecule has 0 spiro atoms. The first kappa shape index (κ1) is 15.8. The van der Waals surface area contributed by atoms with E-state index in [1.165, 1.54) is 12.1 Å². The maximum absolute atomic E-state index is 13.0. The third kappa shape index (κ3) is 4.45. The molecule has 0 heterocycles. The molecule has 2 nitrogen and oxygen atoms in total. The smallest absolute Gasteiger partial charge is 0.325 e. The predicted molar refractivity (Wildman–Crippen MR) is 82.9 cm³/mol. The molecule has 0 fully saturated rings. The van der Waals surface area contributed by atoms with Crippen molar-refractivity contribution in [1.29, 1.82) is 0 Å². The average molecular weight is 405 g/mol. The first-order valence-corrected chi connectivity index (χ1v) is 7.14. The summed E-state index contributed by atoms with van der Waals surface area (Å²) >= 11 is 1.80. The van der Waals surface area contributed by atoms with Crippen LogP contribution in [0.5, 0.6) is 0 Å². The second-order valence-electron chi connectivity index (χ2n) is 4.40. The summed E-state index contributed by atoms with van der Waals surface area (Å²) in [6, 6.07) is 12.7. The second-order valence-corrected chi connectivity index (χ2v) is 5.64. The van der Waals surface area contributed by atoms with Gasteiger partial charge in [0.25, 0.3) is 0 Å². The Bertz CT molecular complexity index is 641. The molecule has 0 bridgehead atoms. The molecule has 0 unspecified atom stereocenters. The van der Waals surface area contributed by atoms with Gasteiger partial charge in [-0.25, -0.2) is 0 Å². The standard InChI is InChI=1S/C15H11F3INO/c16-15(17,18)12-9-11(19)6-7-13(12)20-14(21)8-10-4-2-1-3-5-10/h1-7,9H,8H2,(H,20,21). The number of carbonyl (C=O) groups is 1. The molecule has 0 aliphatic heterocycles. The molecule has 6 heteroatoms. The number of rotatable bonds is 3. The number of anilines is 1. The topological polar surface area (TPSA) is 29.1 Å². The molecule has 1 N–H and O–H groups in total. The van der Waals surface area contributed by atoms with E-state index in [0.29, 0.717) is 3.57 Å². The highest BCUT2D eigenvalue weighted by molar-refractivity contribution is 14.1. The lowest BCUT2D eigenvalue weighted by Gasteiger charge is -2.14. The molecule has 0 saturated carbocycles. The molecular weight excluding hydrogens is 394 g/mol. The summed E-state index contributed by atoms with van der Waals surface area (Å²) in [5, 5.41) is 2.33. The van der Waals surface area contributed by atoms with Gasteiger partial charge in [-0.3, -0.25) is 4.79 Å². The van der Waals surface area contributed by atoms with E-state index in [1.54, 1.807) is 46.9 Å². The summed E-state index contributed by atoms with van der Waals surface area (Å²) in [4.78, 5) is 11.9. The van der Waals surface area contributed by atoms with Gasteiger partial charge in [0.15, 0.2) is 0 Å². The highest BCUT2D eigenvalue weighted by Gasteiger charge is 2.34. The van der Waals surface area contributed by atoms with Crippen LogP contribution in [0.2, 0.25) is 0 Å². The molecule has 0 aliphatic carbocycles. The molecule has 1 amide bonds. The van der Waals surface area contributed by atoms with Gasteiger partial charge in [-0.15, -0.1) is 0 Å². The Hall–Kier alpha value is -1.57. The van der Waals surface area contributed by atoms with Crippen LogP contribution in [0.1, 0.15) is 11.1 Å². The Morgan fingerprint density at radius 2 is 1.76 bits per heavy atom. The van der Waals surface area contributed by atoms with E-state index in [9.17, 15) is 18.0 Å². The molecule has 2 aromatic rings. The summed E-state index contributed by atoms with van der Waals surface area (Å²) in [5.74, 6) is -0.479. The van der Waals surface area contributed by atoms with Gasteiger partial charge >= 0.3 is 6.18 Å². The highest BCUT2D eigenvalue weighted by Crippen LogP contribution is 2.35. The van der Waals surface area contributed by atoms with E-state index in [1.807, 2.05) is 6.07 Å². The Morgan fingerprint density at radius 3 is 2.38 bits per heavy atom. The largest absolute Gasteiger partial charge is 0.418 e. The Balaban J connectivity index is 2.18. The fourth-order valence-electron chi connectivity index (χ4n) is 1.84. The minimum absolute atomic E-state index is 0.0319. The number of alkyl halides is 3. The summed E-state index contributed by atoms with van der Waals surface area (Å²) in [6.45, 7) is 0. The first-order valence-electron chi connectivity index (χ1n) is 6.07. The van der Waals surface area contributed by atoms with Gasteiger partial charge in [-0.1, -0.05) is 30.3 Å². The van der Waals surface area contributed by atoms with Crippen molar-refractivity contribution in [3.8, 4) is 0 Å². The van der Waals surface area contributed by atoms with E-state index in [4.69, 9.17) is 0 Å². The van der Waals surface area contributed by atoms with Crippen molar-refractivity contribution in [2.24, 2.45) is 0 Å². The van der Waals surface area contributed by atoms with Crippen LogP contribution < -0.4 is 5.32 Å². The summed E-state index contributed by atoms with van der Waals surface area (Å²) in [7, 11) is 0. The van der Waals surface area contributed by atoms with Crippen molar-refractivity contribution in [3.63, 3.8) is 0 Å². The van der Waals surface area contributed by atoms with Crippen molar-refractivity contribution in [1.82, 2.24) is 0 Å². The quantitative estimate of drug-likeness (QED) is 0.750. The predicted octanol–water partition coefficient (Wildman–Crippen LogP) is 4.49. The number of nitrogens with one attached hydrogen (secondary N) is 1. The molecular formula is C15H11F3INO. The van der Waals surface area contributed by atoms with Gasteiger partial charge in [0, 0.05) is 3.57 Å². The average Bonchev–Trinajstić information content (AvgIpc) is 2.40. The lowest BCUT2D eigenvalue weighted by Crippen LogP contribution is -2.18. The molecule has 2 rings (SSSR count). The van der Waals surface area contributed by atoms with Crippen LogP contribution in [-0.2, 0) is 17.4 Å². The van der Waals surface area contributed by atoms with Crippen LogP contribution >= 0.6 is 22.6 Å². The van der Waals surface area contributed by atoms with Gasteiger partial charge in [-0.2, -0.15) is 13.2 Å². The third-order valence-electron chi connectivity index (χ3n) is 2.77. The minimum Gasteiger partial charge on any atom is -0.325 e. The zero-order chi connectivity index (χ0) is 15.5. The van der Waals surface area contributed by atoms with Crippen LogP contribution in [0.25, 0.3) is 0 Å². The van der Waals surface area contributed by atoms with Crippen LogP contribution in [-0.4, -0.2) is 5.91 Å². The zero-order valence-corrected chi connectivity index (χ0v) is 12.9. The van der Waals surface area contributed by atoms with E-state index in [-0.39, 0.29) is 12.1 Å². The lowest BCUT2D eigenvalue weighted by molar-refractivity contribution is -0.137. The monoisotopic (exact) mass is 405 g/mol. The number of amides is 1. The Labute approximate surface area is 133 Å². The van der Waals surface area contributed by atoms with Gasteiger partial charge in [0.1, 0.15) is 0 Å². The summed E-state index contributed by atoms with van der Waals surface area (Å²) in [6.07, 6.45) is -4.47. The van der Waals surface area contributed by atoms with Gasteiger partial charge in [0.05, 0.1) is 17.7 Å². The van der Waals surface area contributed by atoms with Crippen molar-refractivity contribution in [2.45, 2.75) is 12.6 Å². The normalized spacial score (nSPS) is 11.2. The van der Waals surface area contributed by atoms with Gasteiger partial charge in [0.2, 0.25) is 5.91 Å². The third-order valence-corrected chi connectivity index (χ3v) is 3.44. The van der Waals surface area contributed by atoms with Gasteiger partial charge < -0.3 is 5.32 Å². The number of halogens is 4. The summed E-state index contributed by atoms with van der Waals surface area (Å²) in [5.41, 5.74) is -0.311. The highest BCUT2D eigenvalue weighted by atomic mass is 127. The molecule has 110 valence electrons. The number of hydrogen-bond acceptors (Lipinski definition) is 1. The molecule has 0 atom stereocenters. The first-order chi connectivity index (χ1) is 9.86. The molecule has 0 saturated heterocycles. The summed E-state index contributed by atoms with van der Waals surface area (Å²) < 4.78 is 39.3. The minimum atomic E-state index is -4.50. The molecule has 2 aromatic carbocycles. The van der Waals surface area contributed by atoms with Crippen molar-refractivity contribution in [2.75, 3.05) is 5.32 Å². The van der Waals surface area contributed by atoms with E-state index < -0.39 is 17.6 Å². The molecule has 0 radical (unpaired) electrons. The Morgan fingerprint density at radius 1 is 1.10 bits per heavy atom. The molecule has 0 aliphatic rings.